The Bertz CT molecular complexity index is 1670. The lowest BCUT2D eigenvalue weighted by atomic mass is 9.98. The van der Waals surface area contributed by atoms with E-state index in [1.165, 1.54) is 44.9 Å². The third kappa shape index (κ3) is 40.6. The van der Waals surface area contributed by atoms with Crippen molar-refractivity contribution in [2.75, 3.05) is 13.2 Å². The molecule has 426 valence electrons. The number of esters is 3. The van der Waals surface area contributed by atoms with Crippen molar-refractivity contribution in [2.45, 2.75) is 263 Å². The summed E-state index contributed by atoms with van der Waals surface area (Å²) in [5.74, 6) is -3.19. The molecule has 0 aromatic carbocycles. The standard InChI is InChI=1S/C63H102O12/c1-4-7-10-13-16-19-22-24-26-27-28-29-31-33-36-39-42-45-48-51-57(66)74-61-59(68)58(67)60(62(69)70)75-63(61)72-53-54(73-56(65)50-47-44-41-38-34-21-18-15-12-9-6-3)52-71-55(64)49-46-43-40-37-35-32-30-25-23-20-17-14-11-8-5-2/h7-8,10-11,16-17,19-20,24-26,28-30,33,36,54,58-61,63,67-68H,4-6,9,12-15,18,21-23,27,31-32,34-35,37-53H2,1-3H3,(H,69,70)/b10-7-,11-8-,19-16-,20-17-,26-24-,29-28-,30-25-,36-33-. The van der Waals surface area contributed by atoms with Crippen LogP contribution in [0.2, 0.25) is 0 Å². The number of allylic oxidation sites excluding steroid dienone is 16. The first kappa shape index (κ1) is 68.7. The Hall–Kier alpha value is -4.36. The van der Waals surface area contributed by atoms with Crippen molar-refractivity contribution in [1.82, 2.24) is 0 Å². The van der Waals surface area contributed by atoms with Crippen LogP contribution in [-0.2, 0) is 42.9 Å². The van der Waals surface area contributed by atoms with Gasteiger partial charge in [0.1, 0.15) is 18.8 Å². The van der Waals surface area contributed by atoms with E-state index in [2.05, 4.69) is 118 Å². The molecule has 75 heavy (non-hydrogen) atoms. The molecule has 1 fully saturated rings. The van der Waals surface area contributed by atoms with Gasteiger partial charge in [0.15, 0.2) is 24.6 Å². The van der Waals surface area contributed by atoms with Crippen molar-refractivity contribution in [2.24, 2.45) is 0 Å². The Morgan fingerprint density at radius 2 is 0.840 bits per heavy atom. The molecule has 12 nitrogen and oxygen atoms in total. The van der Waals surface area contributed by atoms with Crippen LogP contribution in [0.1, 0.15) is 226 Å². The summed E-state index contributed by atoms with van der Waals surface area (Å²) in [6.45, 7) is 5.72. The Balaban J connectivity index is 2.71. The summed E-state index contributed by atoms with van der Waals surface area (Å²) in [7, 11) is 0. The zero-order valence-electron chi connectivity index (χ0n) is 46.8. The zero-order valence-corrected chi connectivity index (χ0v) is 46.8. The molecule has 6 atom stereocenters. The van der Waals surface area contributed by atoms with E-state index < -0.39 is 67.3 Å². The van der Waals surface area contributed by atoms with E-state index in [4.69, 9.17) is 23.7 Å². The van der Waals surface area contributed by atoms with E-state index in [-0.39, 0.29) is 25.9 Å². The van der Waals surface area contributed by atoms with Crippen LogP contribution in [0.15, 0.2) is 97.2 Å². The average molecular weight is 1050 g/mol. The van der Waals surface area contributed by atoms with Gasteiger partial charge in [-0.1, -0.05) is 208 Å². The topological polar surface area (TPSA) is 175 Å². The highest BCUT2D eigenvalue weighted by Gasteiger charge is 2.50. The molecule has 3 N–H and O–H groups in total. The number of aliphatic hydroxyl groups excluding tert-OH is 2. The number of ether oxygens (including phenoxy) is 5. The van der Waals surface area contributed by atoms with Crippen molar-refractivity contribution < 1.29 is 58.2 Å². The molecule has 6 unspecified atom stereocenters. The molecule has 0 spiro atoms. The fourth-order valence-electron chi connectivity index (χ4n) is 8.23. The minimum atomic E-state index is -1.92. The molecule has 1 rings (SSSR count). The summed E-state index contributed by atoms with van der Waals surface area (Å²) in [4.78, 5) is 51.1. The fraction of sp³-hybridized carbons (Fsp3) is 0.683. The van der Waals surface area contributed by atoms with E-state index in [0.717, 1.165) is 122 Å². The second-order valence-corrected chi connectivity index (χ2v) is 19.5. The highest BCUT2D eigenvalue weighted by atomic mass is 16.7. The van der Waals surface area contributed by atoms with E-state index in [1.807, 2.05) is 0 Å². The number of carboxylic acids is 1. The van der Waals surface area contributed by atoms with Crippen LogP contribution in [0.4, 0.5) is 0 Å². The van der Waals surface area contributed by atoms with Crippen molar-refractivity contribution in [3.8, 4) is 0 Å². The second kappa shape index (κ2) is 50.5. The van der Waals surface area contributed by atoms with Crippen LogP contribution in [0, 0.1) is 0 Å². The maximum Gasteiger partial charge on any atom is 0.335 e. The lowest BCUT2D eigenvalue weighted by Gasteiger charge is -2.40. The van der Waals surface area contributed by atoms with Crippen LogP contribution in [0.25, 0.3) is 0 Å². The predicted octanol–water partition coefficient (Wildman–Crippen LogP) is 14.9. The maximum atomic E-state index is 13.1. The van der Waals surface area contributed by atoms with Gasteiger partial charge >= 0.3 is 23.9 Å². The molecule has 0 saturated carbocycles. The van der Waals surface area contributed by atoms with Crippen LogP contribution >= 0.6 is 0 Å². The van der Waals surface area contributed by atoms with Crippen molar-refractivity contribution >= 4 is 23.9 Å². The fourth-order valence-corrected chi connectivity index (χ4v) is 8.23. The Kier molecular flexibility index (Phi) is 46.2. The molecule has 1 heterocycles. The molecule has 12 heteroatoms. The van der Waals surface area contributed by atoms with Gasteiger partial charge in [0.05, 0.1) is 6.61 Å². The molecule has 1 aliphatic heterocycles. The molecule has 0 aromatic rings. The third-order valence-electron chi connectivity index (χ3n) is 12.7. The van der Waals surface area contributed by atoms with Crippen molar-refractivity contribution in [3.63, 3.8) is 0 Å². The third-order valence-corrected chi connectivity index (χ3v) is 12.7. The summed E-state index contributed by atoms with van der Waals surface area (Å²) >= 11 is 0. The van der Waals surface area contributed by atoms with Gasteiger partial charge in [-0.15, -0.1) is 0 Å². The van der Waals surface area contributed by atoms with Gasteiger partial charge in [0.25, 0.3) is 0 Å². The molecule has 0 aromatic heterocycles. The molecule has 0 amide bonds. The summed E-state index contributed by atoms with van der Waals surface area (Å²) in [5.41, 5.74) is 0. The number of aliphatic carboxylic acids is 1. The molecule has 1 saturated heterocycles. The smallest absolute Gasteiger partial charge is 0.335 e. The quantitative estimate of drug-likeness (QED) is 0.0228. The van der Waals surface area contributed by atoms with Gasteiger partial charge in [-0.3, -0.25) is 14.4 Å². The lowest BCUT2D eigenvalue weighted by Crippen LogP contribution is -2.61. The monoisotopic (exact) mass is 1050 g/mol. The number of rotatable bonds is 48. The number of carbonyl (C=O) groups excluding carboxylic acids is 3. The van der Waals surface area contributed by atoms with Gasteiger partial charge in [0, 0.05) is 19.3 Å². The first-order valence-corrected chi connectivity index (χ1v) is 29.2. The Labute approximate surface area is 453 Å². The summed E-state index contributed by atoms with van der Waals surface area (Å²) in [6.07, 6.45) is 53.8. The second-order valence-electron chi connectivity index (χ2n) is 19.5. The van der Waals surface area contributed by atoms with Crippen molar-refractivity contribution in [3.05, 3.63) is 97.2 Å². The lowest BCUT2D eigenvalue weighted by molar-refractivity contribution is -0.301. The van der Waals surface area contributed by atoms with E-state index in [1.54, 1.807) is 0 Å². The van der Waals surface area contributed by atoms with E-state index in [0.29, 0.717) is 19.3 Å². The predicted molar refractivity (Wildman–Crippen MR) is 303 cm³/mol. The first-order valence-electron chi connectivity index (χ1n) is 29.2. The molecule has 0 aliphatic carbocycles. The average Bonchev–Trinajstić information content (AvgIpc) is 3.39. The van der Waals surface area contributed by atoms with Crippen LogP contribution in [0.5, 0.6) is 0 Å². The van der Waals surface area contributed by atoms with Crippen LogP contribution in [-0.4, -0.2) is 89.2 Å². The molecular formula is C63H102O12. The maximum absolute atomic E-state index is 13.1. The Morgan fingerprint density at radius 1 is 0.453 bits per heavy atom. The minimum Gasteiger partial charge on any atom is -0.479 e. The van der Waals surface area contributed by atoms with Crippen LogP contribution in [0.3, 0.4) is 0 Å². The normalized spacial score (nSPS) is 18.9. The molecular weight excluding hydrogens is 949 g/mol. The largest absolute Gasteiger partial charge is 0.479 e. The summed E-state index contributed by atoms with van der Waals surface area (Å²) in [6, 6.07) is 0. The zero-order chi connectivity index (χ0) is 54.7. The van der Waals surface area contributed by atoms with Crippen molar-refractivity contribution in [1.29, 1.82) is 0 Å². The van der Waals surface area contributed by atoms with E-state index in [9.17, 15) is 34.5 Å². The van der Waals surface area contributed by atoms with Crippen LogP contribution < -0.4 is 0 Å². The number of unbranched alkanes of at least 4 members (excludes halogenated alkanes) is 18. The SMILES string of the molecule is CC/C=C\C/C=C\C/C=C\C/C=C\C/C=C\CCCCCC(=O)OC1C(OCC(COC(=O)CCCCCCC/C=C\C/C=C\C/C=C\CC)OC(=O)CCCCCCCCCCCCC)OC(C(=O)O)C(O)C1O. The number of hydrogen-bond acceptors (Lipinski definition) is 11. The van der Waals surface area contributed by atoms with E-state index >= 15 is 0 Å². The van der Waals surface area contributed by atoms with Gasteiger partial charge in [-0.25, -0.2) is 4.79 Å². The highest BCUT2D eigenvalue weighted by molar-refractivity contribution is 5.74. The summed E-state index contributed by atoms with van der Waals surface area (Å²) < 4.78 is 28.4. The molecule has 1 aliphatic rings. The summed E-state index contributed by atoms with van der Waals surface area (Å²) in [5, 5.41) is 31.5. The number of carbonyl (C=O) groups is 4. The van der Waals surface area contributed by atoms with Gasteiger partial charge in [-0.2, -0.15) is 0 Å². The van der Waals surface area contributed by atoms with Gasteiger partial charge < -0.3 is 39.0 Å². The number of carboxylic acid groups (broad SMARTS) is 1. The minimum absolute atomic E-state index is 0.0163. The van der Waals surface area contributed by atoms with Gasteiger partial charge in [-0.05, 0) is 96.3 Å². The number of aliphatic hydroxyl groups is 2. The number of hydrogen-bond donors (Lipinski definition) is 3. The van der Waals surface area contributed by atoms with Gasteiger partial charge in [0.2, 0.25) is 0 Å². The Morgan fingerprint density at radius 3 is 1.29 bits per heavy atom. The molecule has 0 bridgehead atoms. The highest BCUT2D eigenvalue weighted by Crippen LogP contribution is 2.26. The first-order chi connectivity index (χ1) is 36.6. The molecule has 0 radical (unpaired) electrons.